The molecule has 0 bridgehead atoms. The van der Waals surface area contributed by atoms with E-state index in [1.165, 1.54) is 31.5 Å². The number of hydrogen-bond donors (Lipinski definition) is 1. The summed E-state index contributed by atoms with van der Waals surface area (Å²) < 4.78 is 6.72. The van der Waals surface area contributed by atoms with Crippen molar-refractivity contribution in [2.75, 3.05) is 25.6 Å². The quantitative estimate of drug-likeness (QED) is 0.496. The number of anilines is 1. The average Bonchev–Trinajstić information content (AvgIpc) is 3.35. The standard InChI is InChI=1S/C21H24N4OS/c1-15(23-24-21-22-18-7-3-4-8-20(18)27-21)16-9-10-19(26-2)17(13-16)14-25-11-5-6-12-25/h3-4,7-10,13H,5-6,11-12,14H2,1-2H3,(H,22,24)/b23-15-. The maximum atomic E-state index is 5.56. The second-order valence-electron chi connectivity index (χ2n) is 6.81. The van der Waals surface area contributed by atoms with Crippen molar-refractivity contribution in [1.29, 1.82) is 0 Å². The summed E-state index contributed by atoms with van der Waals surface area (Å²) in [7, 11) is 1.73. The first-order valence-electron chi connectivity index (χ1n) is 9.28. The van der Waals surface area contributed by atoms with E-state index >= 15 is 0 Å². The third kappa shape index (κ3) is 4.12. The van der Waals surface area contributed by atoms with Crippen LogP contribution in [-0.4, -0.2) is 35.8 Å². The zero-order chi connectivity index (χ0) is 18.6. The number of hydrazone groups is 1. The number of rotatable bonds is 6. The number of nitrogens with one attached hydrogen (secondary N) is 1. The third-order valence-electron chi connectivity index (χ3n) is 4.90. The molecule has 0 spiro atoms. The van der Waals surface area contributed by atoms with Crippen molar-refractivity contribution in [2.45, 2.75) is 26.3 Å². The maximum absolute atomic E-state index is 5.56. The molecule has 4 rings (SSSR count). The van der Waals surface area contributed by atoms with Gasteiger partial charge in [0, 0.05) is 12.1 Å². The predicted octanol–water partition coefficient (Wildman–Crippen LogP) is 4.74. The Bertz CT molecular complexity index is 927. The van der Waals surface area contributed by atoms with Crippen LogP contribution in [0.3, 0.4) is 0 Å². The van der Waals surface area contributed by atoms with Crippen LogP contribution in [0.15, 0.2) is 47.6 Å². The molecule has 0 saturated carbocycles. The Morgan fingerprint density at radius 1 is 1.22 bits per heavy atom. The summed E-state index contributed by atoms with van der Waals surface area (Å²) in [6.45, 7) is 5.27. The number of ether oxygens (including phenoxy) is 1. The number of hydrogen-bond acceptors (Lipinski definition) is 6. The van der Waals surface area contributed by atoms with Crippen LogP contribution in [0.4, 0.5) is 5.13 Å². The summed E-state index contributed by atoms with van der Waals surface area (Å²) in [6.07, 6.45) is 2.57. The smallest absolute Gasteiger partial charge is 0.204 e. The van der Waals surface area contributed by atoms with E-state index in [-0.39, 0.29) is 0 Å². The molecule has 1 fully saturated rings. The van der Waals surface area contributed by atoms with E-state index in [0.29, 0.717) is 0 Å². The average molecular weight is 381 g/mol. The molecule has 1 aromatic heterocycles. The first-order valence-corrected chi connectivity index (χ1v) is 10.1. The number of aromatic nitrogens is 1. The molecule has 1 saturated heterocycles. The summed E-state index contributed by atoms with van der Waals surface area (Å²) in [5.41, 5.74) is 7.34. The summed E-state index contributed by atoms with van der Waals surface area (Å²) in [5, 5.41) is 5.36. The Morgan fingerprint density at radius 2 is 2.04 bits per heavy atom. The molecule has 1 aliphatic heterocycles. The molecule has 6 heteroatoms. The molecule has 0 unspecified atom stereocenters. The molecule has 0 aliphatic carbocycles. The highest BCUT2D eigenvalue weighted by atomic mass is 32.1. The lowest BCUT2D eigenvalue weighted by Crippen LogP contribution is -2.19. The highest BCUT2D eigenvalue weighted by molar-refractivity contribution is 7.22. The van der Waals surface area contributed by atoms with Crippen LogP contribution in [0.1, 0.15) is 30.9 Å². The van der Waals surface area contributed by atoms with Gasteiger partial charge in [-0.3, -0.25) is 10.3 Å². The van der Waals surface area contributed by atoms with Crippen LogP contribution < -0.4 is 10.2 Å². The van der Waals surface area contributed by atoms with Gasteiger partial charge < -0.3 is 4.74 Å². The van der Waals surface area contributed by atoms with Gasteiger partial charge in [-0.05, 0) is 68.8 Å². The van der Waals surface area contributed by atoms with E-state index in [9.17, 15) is 0 Å². The minimum atomic E-state index is 0.807. The zero-order valence-corrected chi connectivity index (χ0v) is 16.6. The topological polar surface area (TPSA) is 49.8 Å². The SMILES string of the molecule is COc1ccc(/C(C)=N\Nc2nc3ccccc3s2)cc1CN1CCCC1. The third-order valence-corrected chi connectivity index (χ3v) is 5.85. The van der Waals surface area contributed by atoms with E-state index in [2.05, 4.69) is 38.6 Å². The first-order chi connectivity index (χ1) is 13.2. The molecule has 0 radical (unpaired) electrons. The fourth-order valence-electron chi connectivity index (χ4n) is 3.43. The monoisotopic (exact) mass is 380 g/mol. The minimum Gasteiger partial charge on any atom is -0.496 e. The van der Waals surface area contributed by atoms with Gasteiger partial charge in [-0.1, -0.05) is 23.5 Å². The lowest BCUT2D eigenvalue weighted by Gasteiger charge is -2.17. The van der Waals surface area contributed by atoms with E-state index in [0.717, 1.165) is 38.9 Å². The minimum absolute atomic E-state index is 0.807. The van der Waals surface area contributed by atoms with Gasteiger partial charge >= 0.3 is 0 Å². The van der Waals surface area contributed by atoms with Crippen LogP contribution in [0.2, 0.25) is 0 Å². The molecule has 140 valence electrons. The second-order valence-corrected chi connectivity index (χ2v) is 7.84. The molecule has 0 amide bonds. The molecule has 3 aromatic rings. The molecule has 1 N–H and O–H groups in total. The molecular formula is C21H24N4OS. The summed E-state index contributed by atoms with van der Waals surface area (Å²) in [6, 6.07) is 14.4. The van der Waals surface area contributed by atoms with E-state index < -0.39 is 0 Å². The fourth-order valence-corrected chi connectivity index (χ4v) is 4.23. The van der Waals surface area contributed by atoms with Gasteiger partial charge in [-0.2, -0.15) is 5.10 Å². The van der Waals surface area contributed by atoms with E-state index in [4.69, 9.17) is 4.74 Å². The number of benzene rings is 2. The summed E-state index contributed by atoms with van der Waals surface area (Å²) in [5.74, 6) is 0.942. The highest BCUT2D eigenvalue weighted by Crippen LogP contribution is 2.26. The van der Waals surface area contributed by atoms with Gasteiger partial charge in [0.1, 0.15) is 5.75 Å². The van der Waals surface area contributed by atoms with Crippen LogP contribution in [0, 0.1) is 0 Å². The Kier molecular flexibility index (Phi) is 5.36. The van der Waals surface area contributed by atoms with E-state index in [1.54, 1.807) is 18.4 Å². The molecule has 5 nitrogen and oxygen atoms in total. The Balaban J connectivity index is 1.52. The number of methoxy groups -OCH3 is 1. The van der Waals surface area contributed by atoms with E-state index in [1.807, 2.05) is 31.2 Å². The van der Waals surface area contributed by atoms with Crippen molar-refractivity contribution in [2.24, 2.45) is 5.10 Å². The van der Waals surface area contributed by atoms with Gasteiger partial charge in [0.15, 0.2) is 0 Å². The fraction of sp³-hybridized carbons (Fsp3) is 0.333. The van der Waals surface area contributed by atoms with Crippen LogP contribution in [0.5, 0.6) is 5.75 Å². The number of para-hydroxylation sites is 1. The molecule has 27 heavy (non-hydrogen) atoms. The van der Waals surface area contributed by atoms with Crippen LogP contribution >= 0.6 is 11.3 Å². The number of fused-ring (bicyclic) bond motifs is 1. The van der Waals surface area contributed by atoms with Gasteiger partial charge in [0.05, 0.1) is 23.0 Å². The molecule has 0 atom stereocenters. The molecule has 2 aromatic carbocycles. The van der Waals surface area contributed by atoms with Crippen molar-refractivity contribution in [3.63, 3.8) is 0 Å². The summed E-state index contributed by atoms with van der Waals surface area (Å²) in [4.78, 5) is 7.05. The van der Waals surface area contributed by atoms with Crippen molar-refractivity contribution in [3.05, 3.63) is 53.6 Å². The molecule has 1 aliphatic rings. The van der Waals surface area contributed by atoms with Crippen molar-refractivity contribution < 1.29 is 4.74 Å². The predicted molar refractivity (Wildman–Crippen MR) is 113 cm³/mol. The van der Waals surface area contributed by atoms with Crippen molar-refractivity contribution in [1.82, 2.24) is 9.88 Å². The van der Waals surface area contributed by atoms with Gasteiger partial charge in [-0.15, -0.1) is 0 Å². The van der Waals surface area contributed by atoms with Gasteiger partial charge in [0.25, 0.3) is 0 Å². The largest absolute Gasteiger partial charge is 0.496 e. The van der Waals surface area contributed by atoms with Gasteiger partial charge in [0.2, 0.25) is 5.13 Å². The lowest BCUT2D eigenvalue weighted by atomic mass is 10.1. The zero-order valence-electron chi connectivity index (χ0n) is 15.7. The highest BCUT2D eigenvalue weighted by Gasteiger charge is 2.15. The second kappa shape index (κ2) is 8.06. The number of thiazole rings is 1. The molecule has 2 heterocycles. The lowest BCUT2D eigenvalue weighted by molar-refractivity contribution is 0.321. The van der Waals surface area contributed by atoms with Crippen molar-refractivity contribution in [3.8, 4) is 5.75 Å². The Labute approximate surface area is 163 Å². The normalized spacial score (nSPS) is 15.4. The van der Waals surface area contributed by atoms with Gasteiger partial charge in [-0.25, -0.2) is 4.98 Å². The molecular weight excluding hydrogens is 356 g/mol. The van der Waals surface area contributed by atoms with Crippen molar-refractivity contribution >= 4 is 32.4 Å². The maximum Gasteiger partial charge on any atom is 0.204 e. The first kappa shape index (κ1) is 17.9. The summed E-state index contributed by atoms with van der Waals surface area (Å²) >= 11 is 1.61. The Hall–Kier alpha value is -2.44. The number of nitrogens with zero attached hydrogens (tertiary/aromatic N) is 3. The van der Waals surface area contributed by atoms with Crippen LogP contribution in [-0.2, 0) is 6.54 Å². The van der Waals surface area contributed by atoms with Crippen LogP contribution in [0.25, 0.3) is 10.2 Å². The number of likely N-dealkylation sites (tertiary alicyclic amines) is 1. The Morgan fingerprint density at radius 3 is 2.81 bits per heavy atom.